The van der Waals surface area contributed by atoms with Gasteiger partial charge in [-0.15, -0.1) is 11.3 Å². The van der Waals surface area contributed by atoms with E-state index in [9.17, 15) is 9.59 Å². The summed E-state index contributed by atoms with van der Waals surface area (Å²) in [6.45, 7) is 3.65. The van der Waals surface area contributed by atoms with Crippen LogP contribution in [-0.4, -0.2) is 27.9 Å². The van der Waals surface area contributed by atoms with Crippen molar-refractivity contribution in [2.45, 2.75) is 39.3 Å². The maximum absolute atomic E-state index is 12.4. The molecule has 1 aliphatic carbocycles. The van der Waals surface area contributed by atoms with Crippen molar-refractivity contribution >= 4 is 23.2 Å². The molecule has 19 heavy (non-hydrogen) atoms. The molecule has 1 saturated carbocycles. The van der Waals surface area contributed by atoms with Crippen LogP contribution in [0.3, 0.4) is 0 Å². The van der Waals surface area contributed by atoms with E-state index in [1.54, 1.807) is 23.2 Å². The van der Waals surface area contributed by atoms with Gasteiger partial charge in [0, 0.05) is 22.1 Å². The van der Waals surface area contributed by atoms with Crippen molar-refractivity contribution in [2.24, 2.45) is 0 Å². The predicted molar refractivity (Wildman–Crippen MR) is 73.9 cm³/mol. The highest BCUT2D eigenvalue weighted by Crippen LogP contribution is 2.30. The fourth-order valence-corrected chi connectivity index (χ4v) is 2.56. The second-order valence-corrected chi connectivity index (χ2v) is 5.83. The molecule has 102 valence electrons. The summed E-state index contributed by atoms with van der Waals surface area (Å²) in [7, 11) is 0. The number of hydrogen-bond donors (Lipinski definition) is 1. The van der Waals surface area contributed by atoms with Gasteiger partial charge < -0.3 is 10.0 Å². The van der Waals surface area contributed by atoms with Gasteiger partial charge in [-0.25, -0.2) is 4.79 Å². The Labute approximate surface area is 116 Å². The molecule has 1 amide bonds. The van der Waals surface area contributed by atoms with Gasteiger partial charge >= 0.3 is 5.97 Å². The van der Waals surface area contributed by atoms with Crippen LogP contribution < -0.4 is 0 Å². The molecule has 1 heterocycles. The van der Waals surface area contributed by atoms with Gasteiger partial charge in [0.25, 0.3) is 5.91 Å². The van der Waals surface area contributed by atoms with Crippen LogP contribution in [-0.2, 0) is 16.1 Å². The number of amides is 1. The van der Waals surface area contributed by atoms with Gasteiger partial charge in [0.05, 0.1) is 6.54 Å². The zero-order valence-electron chi connectivity index (χ0n) is 11.0. The Hall–Kier alpha value is -1.62. The number of carbonyl (C=O) groups excluding carboxylic acids is 1. The fourth-order valence-electron chi connectivity index (χ4n) is 1.86. The lowest BCUT2D eigenvalue weighted by atomic mass is 10.1. The van der Waals surface area contributed by atoms with Crippen molar-refractivity contribution in [1.82, 2.24) is 4.90 Å². The zero-order valence-corrected chi connectivity index (χ0v) is 11.9. The van der Waals surface area contributed by atoms with Gasteiger partial charge in [-0.05, 0) is 38.1 Å². The van der Waals surface area contributed by atoms with Crippen molar-refractivity contribution in [1.29, 1.82) is 0 Å². The normalized spacial score (nSPS) is 15.9. The summed E-state index contributed by atoms with van der Waals surface area (Å²) in [6, 6.07) is 4.23. The van der Waals surface area contributed by atoms with Crippen LogP contribution in [0.15, 0.2) is 28.7 Å². The lowest BCUT2D eigenvalue weighted by molar-refractivity contribution is -0.134. The van der Waals surface area contributed by atoms with Crippen molar-refractivity contribution in [3.8, 4) is 0 Å². The van der Waals surface area contributed by atoms with Crippen LogP contribution in [0.2, 0.25) is 0 Å². The molecule has 2 rings (SSSR count). The molecule has 0 aromatic carbocycles. The molecule has 0 aliphatic heterocycles. The number of carboxylic acids is 1. The summed E-state index contributed by atoms with van der Waals surface area (Å²) in [5.41, 5.74) is 0.456. The van der Waals surface area contributed by atoms with E-state index in [-0.39, 0.29) is 17.5 Å². The first-order valence-electron chi connectivity index (χ1n) is 6.25. The smallest absolute Gasteiger partial charge is 0.331 e. The molecule has 4 nitrogen and oxygen atoms in total. The first kappa shape index (κ1) is 13.8. The lowest BCUT2D eigenvalue weighted by Crippen LogP contribution is -2.33. The Morgan fingerprint density at radius 1 is 1.37 bits per heavy atom. The van der Waals surface area contributed by atoms with Crippen LogP contribution in [0.5, 0.6) is 0 Å². The number of aliphatic carboxylic acids is 1. The topological polar surface area (TPSA) is 57.6 Å². The second kappa shape index (κ2) is 5.57. The highest BCUT2D eigenvalue weighted by Gasteiger charge is 2.33. The highest BCUT2D eigenvalue weighted by atomic mass is 32.1. The predicted octanol–water partition coefficient (Wildman–Crippen LogP) is 2.66. The minimum Gasteiger partial charge on any atom is -0.478 e. The van der Waals surface area contributed by atoms with E-state index in [4.69, 9.17) is 5.11 Å². The summed E-state index contributed by atoms with van der Waals surface area (Å²) in [5, 5.41) is 10.9. The van der Waals surface area contributed by atoms with Gasteiger partial charge in [0.2, 0.25) is 0 Å². The fraction of sp³-hybridized carbons (Fsp3) is 0.429. The van der Waals surface area contributed by atoms with Crippen molar-refractivity contribution < 1.29 is 14.7 Å². The standard InChI is InChI=1S/C14H17NO3S/c1-9(10(2)14(17)18)13(16)15(11-5-6-11)8-12-4-3-7-19-12/h3-4,7,11H,5-6,8H2,1-2H3,(H,17,18). The number of carbonyl (C=O) groups is 2. The van der Waals surface area contributed by atoms with Crippen LogP contribution in [0.4, 0.5) is 0 Å². The van der Waals surface area contributed by atoms with Gasteiger partial charge in [0.1, 0.15) is 0 Å². The lowest BCUT2D eigenvalue weighted by Gasteiger charge is -2.22. The van der Waals surface area contributed by atoms with E-state index in [1.807, 2.05) is 17.5 Å². The molecule has 1 aromatic rings. The first-order chi connectivity index (χ1) is 9.00. The summed E-state index contributed by atoms with van der Waals surface area (Å²) in [4.78, 5) is 26.3. The molecule has 1 N–H and O–H groups in total. The molecule has 0 spiro atoms. The van der Waals surface area contributed by atoms with Gasteiger partial charge in [-0.3, -0.25) is 4.79 Å². The molecule has 0 unspecified atom stereocenters. The molecule has 0 saturated heterocycles. The molecule has 0 atom stereocenters. The zero-order chi connectivity index (χ0) is 14.0. The SMILES string of the molecule is CC(C(=O)O)=C(C)C(=O)N(Cc1cccs1)C1CC1. The van der Waals surface area contributed by atoms with E-state index in [2.05, 4.69) is 0 Å². The van der Waals surface area contributed by atoms with E-state index in [0.29, 0.717) is 12.1 Å². The maximum Gasteiger partial charge on any atom is 0.331 e. The van der Waals surface area contributed by atoms with E-state index in [0.717, 1.165) is 17.7 Å². The summed E-state index contributed by atoms with van der Waals surface area (Å²) < 4.78 is 0. The Kier molecular flexibility index (Phi) is 4.04. The average molecular weight is 279 g/mol. The molecular weight excluding hydrogens is 262 g/mol. The van der Waals surface area contributed by atoms with Crippen molar-refractivity contribution in [3.05, 3.63) is 33.5 Å². The van der Waals surface area contributed by atoms with E-state index >= 15 is 0 Å². The maximum atomic E-state index is 12.4. The van der Waals surface area contributed by atoms with E-state index in [1.165, 1.54) is 6.92 Å². The molecule has 0 bridgehead atoms. The van der Waals surface area contributed by atoms with Crippen molar-refractivity contribution in [2.75, 3.05) is 0 Å². The Bertz CT molecular complexity index is 515. The van der Waals surface area contributed by atoms with Gasteiger partial charge in [0.15, 0.2) is 0 Å². The number of thiophene rings is 1. The summed E-state index contributed by atoms with van der Waals surface area (Å²) in [6.07, 6.45) is 2.02. The van der Waals surface area contributed by atoms with E-state index < -0.39 is 5.97 Å². The Balaban J connectivity index is 2.18. The Morgan fingerprint density at radius 3 is 2.53 bits per heavy atom. The molecule has 5 heteroatoms. The molecule has 1 aliphatic rings. The highest BCUT2D eigenvalue weighted by molar-refractivity contribution is 7.09. The minimum atomic E-state index is -1.03. The Morgan fingerprint density at radius 2 is 2.05 bits per heavy atom. The number of carboxylic acid groups (broad SMARTS) is 1. The minimum absolute atomic E-state index is 0.127. The van der Waals surface area contributed by atoms with Crippen LogP contribution in [0, 0.1) is 0 Å². The van der Waals surface area contributed by atoms with Gasteiger partial charge in [-0.1, -0.05) is 6.07 Å². The molecule has 1 aromatic heterocycles. The summed E-state index contributed by atoms with van der Waals surface area (Å²) in [5.74, 6) is -1.19. The third-order valence-corrected chi connectivity index (χ3v) is 4.22. The summed E-state index contributed by atoms with van der Waals surface area (Å²) >= 11 is 1.61. The quantitative estimate of drug-likeness (QED) is 0.843. The third kappa shape index (κ3) is 3.23. The average Bonchev–Trinajstić information content (AvgIpc) is 3.10. The second-order valence-electron chi connectivity index (χ2n) is 4.80. The largest absolute Gasteiger partial charge is 0.478 e. The number of hydrogen-bond acceptors (Lipinski definition) is 3. The van der Waals surface area contributed by atoms with Crippen LogP contribution in [0.25, 0.3) is 0 Å². The van der Waals surface area contributed by atoms with Crippen LogP contribution in [0.1, 0.15) is 31.6 Å². The third-order valence-electron chi connectivity index (χ3n) is 3.36. The monoisotopic (exact) mass is 279 g/mol. The van der Waals surface area contributed by atoms with Crippen LogP contribution >= 0.6 is 11.3 Å². The van der Waals surface area contributed by atoms with Gasteiger partial charge in [-0.2, -0.15) is 0 Å². The first-order valence-corrected chi connectivity index (χ1v) is 7.12. The molecular formula is C14H17NO3S. The molecule has 1 fully saturated rings. The molecule has 0 radical (unpaired) electrons. The number of nitrogens with zero attached hydrogens (tertiary/aromatic N) is 1. The van der Waals surface area contributed by atoms with Crippen molar-refractivity contribution in [3.63, 3.8) is 0 Å². The number of rotatable bonds is 5.